The van der Waals surface area contributed by atoms with Gasteiger partial charge < -0.3 is 14.0 Å². The zero-order valence-corrected chi connectivity index (χ0v) is 19.4. The van der Waals surface area contributed by atoms with E-state index in [9.17, 15) is 14.4 Å². The summed E-state index contributed by atoms with van der Waals surface area (Å²) in [5, 5.41) is 0. The number of Topliss-reactive ketones (excluding diaryl/α,β-unsaturated/α-hetero) is 1. The number of carbonyl (C=O) groups excluding carboxylic acids is 2. The minimum Gasteiger partial charge on any atom is -0.474 e. The van der Waals surface area contributed by atoms with Crippen molar-refractivity contribution in [2.75, 3.05) is 13.6 Å². The molecule has 2 fully saturated rings. The lowest BCUT2D eigenvalue weighted by molar-refractivity contribution is -0.0422. The molecule has 0 bridgehead atoms. The van der Waals surface area contributed by atoms with Gasteiger partial charge in [-0.25, -0.2) is 0 Å². The average Bonchev–Trinajstić information content (AvgIpc) is 3.26. The number of fused-ring (bicyclic) bond motifs is 4. The monoisotopic (exact) mass is 453 g/mol. The molecule has 1 amide bonds. The Labute approximate surface area is 189 Å². The third kappa shape index (κ3) is 3.48. The highest BCUT2D eigenvalue weighted by molar-refractivity contribution is 7.10. The van der Waals surface area contributed by atoms with Gasteiger partial charge in [0.2, 0.25) is 5.43 Å². The maximum absolute atomic E-state index is 13.6. The summed E-state index contributed by atoms with van der Waals surface area (Å²) in [5.41, 5.74) is 0.869. The predicted molar refractivity (Wildman–Crippen MR) is 124 cm³/mol. The van der Waals surface area contributed by atoms with E-state index in [2.05, 4.69) is 14.4 Å². The molecule has 1 aromatic carbocycles. The van der Waals surface area contributed by atoms with Gasteiger partial charge in [0.05, 0.1) is 21.6 Å². The Morgan fingerprint density at radius 3 is 2.69 bits per heavy atom. The summed E-state index contributed by atoms with van der Waals surface area (Å²) in [6.45, 7) is 1.48. The van der Waals surface area contributed by atoms with Gasteiger partial charge in [0.25, 0.3) is 5.91 Å². The molecule has 0 radical (unpaired) electrons. The Hall–Kier alpha value is -2.50. The number of hydrogen-bond donors (Lipinski definition) is 0. The molecule has 0 spiro atoms. The lowest BCUT2D eigenvalue weighted by Crippen LogP contribution is -2.65. The second-order valence-electron chi connectivity index (χ2n) is 9.12. The first-order valence-electron chi connectivity index (χ1n) is 11.2. The minimum atomic E-state index is -0.510. The van der Waals surface area contributed by atoms with Gasteiger partial charge in [0, 0.05) is 25.2 Å². The van der Waals surface area contributed by atoms with Crippen LogP contribution in [0.2, 0.25) is 0 Å². The number of aromatic nitrogens is 1. The molecule has 2 aromatic rings. The molecule has 1 aromatic heterocycles. The molecule has 1 aliphatic carbocycles. The highest BCUT2D eigenvalue weighted by Gasteiger charge is 2.48. The molecular weight excluding hydrogens is 425 g/mol. The molecular formula is C24H28N3O4P. The van der Waals surface area contributed by atoms with E-state index in [0.717, 1.165) is 31.4 Å². The van der Waals surface area contributed by atoms with Crippen LogP contribution in [0.15, 0.2) is 41.3 Å². The second kappa shape index (κ2) is 8.45. The summed E-state index contributed by atoms with van der Waals surface area (Å²) in [5.74, 6) is 0.00665. The standard InChI is InChI=1S/C24H28N3O4P/c1-25-12-16-8-5-9-18(16)27-20(25)14-26-13-17(22(29)23(31-32)21(26)24(27)30)19(28)11-10-15-6-3-2-4-7-15/h2-4,6-7,13,16,18,20H,5,8-12,14,32H2,1H3/t16-,18-,20-/m0/s1. The van der Waals surface area contributed by atoms with E-state index in [4.69, 9.17) is 4.52 Å². The Kier molecular flexibility index (Phi) is 5.64. The number of benzene rings is 1. The third-order valence-corrected chi connectivity index (χ3v) is 7.50. The van der Waals surface area contributed by atoms with Crippen LogP contribution in [0, 0.1) is 5.92 Å². The average molecular weight is 453 g/mol. The molecule has 2 aliphatic heterocycles. The Morgan fingerprint density at radius 1 is 1.16 bits per heavy atom. The van der Waals surface area contributed by atoms with E-state index in [1.807, 2.05) is 42.3 Å². The van der Waals surface area contributed by atoms with Gasteiger partial charge in [-0.15, -0.1) is 0 Å². The fourth-order valence-corrected chi connectivity index (χ4v) is 5.90. The predicted octanol–water partition coefficient (Wildman–Crippen LogP) is 2.73. The van der Waals surface area contributed by atoms with Crippen LogP contribution in [0.4, 0.5) is 0 Å². The maximum atomic E-state index is 13.6. The molecule has 3 aliphatic rings. The SMILES string of the molecule is CN1C[C@@H]2CCC[C@@H]2N2C(=O)c3c(OP)c(=O)c(C(=O)CCc4ccccc4)cn3C[C@@H]12. The van der Waals surface area contributed by atoms with Crippen LogP contribution < -0.4 is 9.95 Å². The Balaban J connectivity index is 1.50. The lowest BCUT2D eigenvalue weighted by Gasteiger charge is -2.51. The summed E-state index contributed by atoms with van der Waals surface area (Å²) in [7, 11) is 4.12. The van der Waals surface area contributed by atoms with E-state index in [0.29, 0.717) is 18.9 Å². The van der Waals surface area contributed by atoms with Gasteiger partial charge >= 0.3 is 0 Å². The number of amides is 1. The van der Waals surface area contributed by atoms with Crippen molar-refractivity contribution in [2.24, 2.45) is 5.92 Å². The van der Waals surface area contributed by atoms with Crippen LogP contribution in [0.25, 0.3) is 0 Å². The van der Waals surface area contributed by atoms with Crippen molar-refractivity contribution in [3.05, 3.63) is 63.6 Å². The molecule has 7 nitrogen and oxygen atoms in total. The van der Waals surface area contributed by atoms with E-state index >= 15 is 0 Å². The molecule has 1 saturated carbocycles. The molecule has 1 unspecified atom stereocenters. The number of likely N-dealkylation sites (N-methyl/N-ethyl adjacent to an activating group) is 1. The molecule has 5 rings (SSSR count). The van der Waals surface area contributed by atoms with Crippen LogP contribution in [0.5, 0.6) is 5.75 Å². The zero-order valence-electron chi connectivity index (χ0n) is 18.2. The zero-order chi connectivity index (χ0) is 22.4. The number of aryl methyl sites for hydroxylation is 1. The molecule has 4 atom stereocenters. The highest BCUT2D eigenvalue weighted by atomic mass is 31.0. The van der Waals surface area contributed by atoms with Crippen LogP contribution in [-0.4, -0.2) is 51.9 Å². The van der Waals surface area contributed by atoms with Crippen LogP contribution in [0.1, 0.15) is 52.1 Å². The fraction of sp³-hybridized carbons (Fsp3) is 0.458. The van der Waals surface area contributed by atoms with Crippen LogP contribution >= 0.6 is 9.47 Å². The Bertz CT molecular complexity index is 1120. The molecule has 1 saturated heterocycles. The summed E-state index contributed by atoms with van der Waals surface area (Å²) in [6, 6.07) is 9.93. The first-order valence-corrected chi connectivity index (χ1v) is 11.7. The van der Waals surface area contributed by atoms with Crippen LogP contribution in [0.3, 0.4) is 0 Å². The number of carbonyl (C=O) groups is 2. The molecule has 3 heterocycles. The first kappa shape index (κ1) is 21.4. The third-order valence-electron chi connectivity index (χ3n) is 7.27. The van der Waals surface area contributed by atoms with Crippen molar-refractivity contribution in [2.45, 2.75) is 50.9 Å². The number of nitrogens with zero attached hydrogens (tertiary/aromatic N) is 3. The van der Waals surface area contributed by atoms with Gasteiger partial charge in [0.1, 0.15) is 6.17 Å². The molecule has 168 valence electrons. The molecule has 8 heteroatoms. The first-order chi connectivity index (χ1) is 15.5. The van der Waals surface area contributed by atoms with E-state index in [-0.39, 0.29) is 47.3 Å². The fourth-order valence-electron chi connectivity index (χ4n) is 5.68. The molecule has 32 heavy (non-hydrogen) atoms. The number of hydrogen-bond acceptors (Lipinski definition) is 5. The number of rotatable bonds is 5. The topological polar surface area (TPSA) is 71.8 Å². The minimum absolute atomic E-state index is 0.0493. The second-order valence-corrected chi connectivity index (χ2v) is 9.36. The van der Waals surface area contributed by atoms with Crippen molar-refractivity contribution in [1.82, 2.24) is 14.4 Å². The number of pyridine rings is 1. The lowest BCUT2D eigenvalue weighted by atomic mass is 9.94. The van der Waals surface area contributed by atoms with Crippen molar-refractivity contribution >= 4 is 21.2 Å². The van der Waals surface area contributed by atoms with Crippen molar-refractivity contribution in [3.8, 4) is 5.75 Å². The van der Waals surface area contributed by atoms with Crippen molar-refractivity contribution < 1.29 is 14.1 Å². The van der Waals surface area contributed by atoms with Gasteiger partial charge in [0.15, 0.2) is 17.2 Å². The molecule has 0 N–H and O–H groups in total. The van der Waals surface area contributed by atoms with Gasteiger partial charge in [-0.2, -0.15) is 0 Å². The summed E-state index contributed by atoms with van der Waals surface area (Å²) in [4.78, 5) is 44.0. The number of ketones is 1. The van der Waals surface area contributed by atoms with Gasteiger partial charge in [-0.05, 0) is 37.8 Å². The summed E-state index contributed by atoms with van der Waals surface area (Å²) < 4.78 is 7.11. The van der Waals surface area contributed by atoms with Crippen molar-refractivity contribution in [1.29, 1.82) is 0 Å². The van der Waals surface area contributed by atoms with Gasteiger partial charge in [-0.3, -0.25) is 19.3 Å². The van der Waals surface area contributed by atoms with E-state index < -0.39 is 5.43 Å². The summed E-state index contributed by atoms with van der Waals surface area (Å²) in [6.07, 6.45) is 5.51. The quantitative estimate of drug-likeness (QED) is 0.514. The van der Waals surface area contributed by atoms with E-state index in [1.165, 1.54) is 0 Å². The maximum Gasteiger partial charge on any atom is 0.276 e. The largest absolute Gasteiger partial charge is 0.474 e. The van der Waals surface area contributed by atoms with Crippen molar-refractivity contribution in [3.63, 3.8) is 0 Å². The van der Waals surface area contributed by atoms with E-state index in [1.54, 1.807) is 10.8 Å². The normalized spacial score (nSPS) is 24.6. The highest BCUT2D eigenvalue weighted by Crippen LogP contribution is 2.40. The Morgan fingerprint density at radius 2 is 1.94 bits per heavy atom. The van der Waals surface area contributed by atoms with Gasteiger partial charge in [-0.1, -0.05) is 36.8 Å². The smallest absolute Gasteiger partial charge is 0.276 e. The van der Waals surface area contributed by atoms with Crippen LogP contribution in [-0.2, 0) is 13.0 Å². The summed E-state index contributed by atoms with van der Waals surface area (Å²) >= 11 is 0.